The molecule has 26 heavy (non-hydrogen) atoms. The first-order valence-electron chi connectivity index (χ1n) is 8.38. The number of β-amino-alcohol motifs (C(OH)–C–C–N with tert-alkyl or cyclic N) is 1. The largest absolute Gasteiger partial charge is 0.481 e. The number of hydrogen-bond donors (Lipinski definition) is 3. The van der Waals surface area contributed by atoms with Gasteiger partial charge in [0.25, 0.3) is 0 Å². The predicted molar refractivity (Wildman–Crippen MR) is 94.6 cm³/mol. The summed E-state index contributed by atoms with van der Waals surface area (Å²) in [5.41, 5.74) is -0.541. The monoisotopic (exact) mass is 384 g/mol. The number of aliphatic hydroxyl groups excluding tert-OH is 1. The fourth-order valence-electron chi connectivity index (χ4n) is 3.28. The average molecular weight is 384 g/mol. The van der Waals surface area contributed by atoms with Crippen molar-refractivity contribution in [1.29, 1.82) is 0 Å². The Bertz CT molecular complexity index is 752. The van der Waals surface area contributed by atoms with E-state index in [0.29, 0.717) is 0 Å². The number of carbonyl (C=O) groups excluding carboxylic acids is 1. The highest BCUT2D eigenvalue weighted by Crippen LogP contribution is 2.36. The zero-order valence-corrected chi connectivity index (χ0v) is 15.2. The van der Waals surface area contributed by atoms with E-state index in [1.54, 1.807) is 12.1 Å². The number of rotatable bonds is 7. The van der Waals surface area contributed by atoms with Crippen molar-refractivity contribution in [2.45, 2.75) is 31.8 Å². The lowest BCUT2D eigenvalue weighted by Crippen LogP contribution is -2.57. The maximum Gasteiger partial charge on any atom is 0.312 e. The van der Waals surface area contributed by atoms with Crippen LogP contribution in [0.5, 0.6) is 0 Å². The number of hydrogen-bond acceptors (Lipinski definition) is 5. The van der Waals surface area contributed by atoms with E-state index < -0.39 is 27.5 Å². The summed E-state index contributed by atoms with van der Waals surface area (Å²) in [6.45, 7) is 0.109. The molecule has 4 N–H and O–H groups in total. The van der Waals surface area contributed by atoms with E-state index in [-0.39, 0.29) is 50.4 Å². The first-order valence-corrected chi connectivity index (χ1v) is 10.1. The van der Waals surface area contributed by atoms with Crippen molar-refractivity contribution in [3.8, 4) is 0 Å². The maximum absolute atomic E-state index is 12.2. The van der Waals surface area contributed by atoms with Crippen LogP contribution in [0, 0.1) is 5.41 Å². The van der Waals surface area contributed by atoms with Crippen molar-refractivity contribution in [1.82, 2.24) is 4.90 Å². The normalized spacial score (nSPS) is 23.6. The molecule has 1 heterocycles. The molecule has 1 aromatic rings. The molecule has 1 amide bonds. The highest BCUT2D eigenvalue weighted by atomic mass is 32.2. The lowest BCUT2D eigenvalue weighted by atomic mass is 9.71. The van der Waals surface area contributed by atoms with E-state index in [0.717, 1.165) is 5.56 Å². The van der Waals surface area contributed by atoms with Gasteiger partial charge in [0, 0.05) is 19.5 Å². The molecule has 1 fully saturated rings. The minimum absolute atomic E-state index is 0.0120. The third kappa shape index (κ3) is 5.03. The number of piperidine rings is 1. The van der Waals surface area contributed by atoms with Crippen molar-refractivity contribution in [2.75, 3.05) is 18.8 Å². The van der Waals surface area contributed by atoms with Crippen molar-refractivity contribution in [3.05, 3.63) is 35.9 Å². The summed E-state index contributed by atoms with van der Waals surface area (Å²) in [7, 11) is -3.62. The van der Waals surface area contributed by atoms with Crippen LogP contribution in [0.1, 0.15) is 24.8 Å². The Morgan fingerprint density at radius 1 is 1.27 bits per heavy atom. The number of primary sulfonamides is 1. The second-order valence-electron chi connectivity index (χ2n) is 6.70. The summed E-state index contributed by atoms with van der Waals surface area (Å²) in [6, 6.07) is 9.06. The molecule has 1 aliphatic rings. The number of carboxylic acids is 1. The highest BCUT2D eigenvalue weighted by molar-refractivity contribution is 7.89. The fourth-order valence-corrected chi connectivity index (χ4v) is 3.82. The molecule has 2 atom stereocenters. The van der Waals surface area contributed by atoms with Gasteiger partial charge in [-0.05, 0) is 24.8 Å². The Labute approximate surface area is 152 Å². The number of carbonyl (C=O) groups is 2. The standard InChI is InChI=1S/C17H24N2O6S/c18-26(24,25)10-4-7-15(21)19-9-8-17(16(22)23,14(20)12-19)11-13-5-2-1-3-6-13/h1-3,5-6,14,20H,4,7-12H2,(H,22,23)(H2,18,24,25)/t14-,17-/m1/s1. The average Bonchev–Trinajstić information content (AvgIpc) is 2.56. The lowest BCUT2D eigenvalue weighted by molar-refractivity contribution is -0.166. The number of amides is 1. The summed E-state index contributed by atoms with van der Waals surface area (Å²) < 4.78 is 21.8. The Hall–Kier alpha value is -1.97. The van der Waals surface area contributed by atoms with E-state index in [9.17, 15) is 28.2 Å². The number of likely N-dealkylation sites (tertiary alicyclic amines) is 1. The summed E-state index contributed by atoms with van der Waals surface area (Å²) in [4.78, 5) is 25.5. The van der Waals surface area contributed by atoms with E-state index in [4.69, 9.17) is 5.14 Å². The molecule has 1 aromatic carbocycles. The molecule has 0 bridgehead atoms. The van der Waals surface area contributed by atoms with Crippen molar-refractivity contribution >= 4 is 21.9 Å². The zero-order valence-electron chi connectivity index (χ0n) is 14.4. The highest BCUT2D eigenvalue weighted by Gasteiger charge is 2.49. The Kier molecular flexibility index (Phi) is 6.38. The molecule has 0 aliphatic carbocycles. The molecule has 9 heteroatoms. The molecule has 2 rings (SSSR count). The molecule has 1 saturated heterocycles. The van der Waals surface area contributed by atoms with Gasteiger partial charge >= 0.3 is 5.97 Å². The van der Waals surface area contributed by atoms with Crippen LogP contribution in [-0.2, 0) is 26.0 Å². The second kappa shape index (κ2) is 8.15. The smallest absolute Gasteiger partial charge is 0.312 e. The van der Waals surface area contributed by atoms with Gasteiger partial charge in [0.1, 0.15) is 5.41 Å². The van der Waals surface area contributed by atoms with Gasteiger partial charge in [0.05, 0.1) is 11.9 Å². The summed E-state index contributed by atoms with van der Waals surface area (Å²) in [5.74, 6) is -1.69. The molecule has 8 nitrogen and oxygen atoms in total. The number of carboxylic acid groups (broad SMARTS) is 1. The van der Waals surface area contributed by atoms with Gasteiger partial charge < -0.3 is 15.1 Å². The Balaban J connectivity index is 2.02. The van der Waals surface area contributed by atoms with Crippen LogP contribution in [0.3, 0.4) is 0 Å². The minimum Gasteiger partial charge on any atom is -0.481 e. The van der Waals surface area contributed by atoms with Crippen LogP contribution in [-0.4, -0.2) is 60.4 Å². The molecule has 0 unspecified atom stereocenters. The van der Waals surface area contributed by atoms with Crippen LogP contribution in [0.4, 0.5) is 0 Å². The first kappa shape index (κ1) is 20.3. The quantitative estimate of drug-likeness (QED) is 0.603. The molecule has 0 aromatic heterocycles. The van der Waals surface area contributed by atoms with E-state index in [1.165, 1.54) is 4.90 Å². The topological polar surface area (TPSA) is 138 Å². The molecule has 0 spiro atoms. The number of nitrogens with two attached hydrogens (primary N) is 1. The van der Waals surface area contributed by atoms with Gasteiger partial charge in [-0.3, -0.25) is 9.59 Å². The van der Waals surface area contributed by atoms with Crippen molar-refractivity contribution in [2.24, 2.45) is 10.6 Å². The van der Waals surface area contributed by atoms with Crippen LogP contribution in [0.25, 0.3) is 0 Å². The number of benzene rings is 1. The fraction of sp³-hybridized carbons (Fsp3) is 0.529. The molecule has 144 valence electrons. The van der Waals surface area contributed by atoms with Gasteiger partial charge in [0.15, 0.2) is 0 Å². The second-order valence-corrected chi connectivity index (χ2v) is 8.43. The molecule has 0 radical (unpaired) electrons. The number of aliphatic carboxylic acids is 1. The van der Waals surface area contributed by atoms with Gasteiger partial charge in [0.2, 0.25) is 15.9 Å². The Morgan fingerprint density at radius 3 is 2.46 bits per heavy atom. The Morgan fingerprint density at radius 2 is 1.92 bits per heavy atom. The van der Waals surface area contributed by atoms with E-state index in [1.807, 2.05) is 18.2 Å². The number of aliphatic hydroxyl groups is 1. The van der Waals surface area contributed by atoms with Crippen LogP contribution < -0.4 is 5.14 Å². The summed E-state index contributed by atoms with van der Waals surface area (Å²) in [6.07, 6.45) is -0.826. The van der Waals surface area contributed by atoms with E-state index >= 15 is 0 Å². The van der Waals surface area contributed by atoms with Crippen LogP contribution in [0.15, 0.2) is 30.3 Å². The van der Waals surface area contributed by atoms with E-state index in [2.05, 4.69) is 0 Å². The van der Waals surface area contributed by atoms with Crippen molar-refractivity contribution in [3.63, 3.8) is 0 Å². The molecule has 1 aliphatic heterocycles. The van der Waals surface area contributed by atoms with Crippen molar-refractivity contribution < 1.29 is 28.2 Å². The zero-order chi connectivity index (χ0) is 19.4. The van der Waals surface area contributed by atoms with Crippen LogP contribution >= 0.6 is 0 Å². The van der Waals surface area contributed by atoms with Gasteiger partial charge in [-0.15, -0.1) is 0 Å². The molecular formula is C17H24N2O6S. The number of nitrogens with zero attached hydrogens (tertiary/aromatic N) is 1. The van der Waals surface area contributed by atoms with Gasteiger partial charge in [-0.1, -0.05) is 30.3 Å². The van der Waals surface area contributed by atoms with Gasteiger partial charge in [-0.2, -0.15) is 0 Å². The van der Waals surface area contributed by atoms with Gasteiger partial charge in [-0.25, -0.2) is 13.6 Å². The SMILES string of the molecule is NS(=O)(=O)CCCC(=O)N1CC[C@](Cc2ccccc2)(C(=O)O)[C@H](O)C1. The van der Waals surface area contributed by atoms with Crippen LogP contribution in [0.2, 0.25) is 0 Å². The maximum atomic E-state index is 12.2. The summed E-state index contributed by atoms with van der Waals surface area (Å²) in [5, 5.41) is 25.2. The molecule has 0 saturated carbocycles. The third-order valence-corrected chi connectivity index (χ3v) is 5.68. The third-order valence-electron chi connectivity index (χ3n) is 4.82. The summed E-state index contributed by atoms with van der Waals surface area (Å²) >= 11 is 0. The molecular weight excluding hydrogens is 360 g/mol. The number of sulfonamides is 1. The first-order chi connectivity index (χ1) is 12.1. The predicted octanol–water partition coefficient (Wildman–Crippen LogP) is -0.0380. The minimum atomic E-state index is -3.62. The lowest BCUT2D eigenvalue weighted by Gasteiger charge is -2.43.